The van der Waals surface area contributed by atoms with Gasteiger partial charge in [-0.05, 0) is 62.2 Å². The second-order valence-corrected chi connectivity index (χ2v) is 8.09. The van der Waals surface area contributed by atoms with Crippen LogP contribution in [0.25, 0.3) is 0 Å². The molecule has 2 aromatic carbocycles. The SMILES string of the molecule is CCOc1ccc(C(=O)NCC(=O)N2CCN(CC(=O)Nc3cccc(C)c3C)CC2)cc1. The van der Waals surface area contributed by atoms with Gasteiger partial charge >= 0.3 is 0 Å². The third-order valence-electron chi connectivity index (χ3n) is 5.80. The summed E-state index contributed by atoms with van der Waals surface area (Å²) in [5.41, 5.74) is 3.51. The van der Waals surface area contributed by atoms with Crippen LogP contribution in [0.5, 0.6) is 5.75 Å². The van der Waals surface area contributed by atoms with Gasteiger partial charge in [-0.1, -0.05) is 12.1 Å². The van der Waals surface area contributed by atoms with Crippen molar-refractivity contribution in [1.29, 1.82) is 0 Å². The number of nitrogens with zero attached hydrogens (tertiary/aromatic N) is 2. The van der Waals surface area contributed by atoms with Gasteiger partial charge in [-0.3, -0.25) is 19.3 Å². The van der Waals surface area contributed by atoms with Crippen LogP contribution in [0.4, 0.5) is 5.69 Å². The largest absolute Gasteiger partial charge is 0.494 e. The Morgan fingerprint density at radius 3 is 2.33 bits per heavy atom. The van der Waals surface area contributed by atoms with E-state index < -0.39 is 0 Å². The molecule has 1 saturated heterocycles. The van der Waals surface area contributed by atoms with Crippen LogP contribution in [0.1, 0.15) is 28.4 Å². The molecule has 8 heteroatoms. The average molecular weight is 453 g/mol. The predicted octanol–water partition coefficient (Wildman–Crippen LogP) is 2.21. The maximum absolute atomic E-state index is 12.5. The normalized spacial score (nSPS) is 14.0. The first-order valence-electron chi connectivity index (χ1n) is 11.2. The molecule has 0 spiro atoms. The minimum Gasteiger partial charge on any atom is -0.494 e. The minimum atomic E-state index is -0.298. The van der Waals surface area contributed by atoms with Crippen molar-refractivity contribution in [2.45, 2.75) is 20.8 Å². The third kappa shape index (κ3) is 6.79. The number of hydrogen-bond donors (Lipinski definition) is 2. The molecule has 33 heavy (non-hydrogen) atoms. The maximum Gasteiger partial charge on any atom is 0.251 e. The minimum absolute atomic E-state index is 0.0564. The van der Waals surface area contributed by atoms with Crippen LogP contribution in [0.3, 0.4) is 0 Å². The lowest BCUT2D eigenvalue weighted by molar-refractivity contribution is -0.132. The lowest BCUT2D eigenvalue weighted by Crippen LogP contribution is -2.52. The number of piperazine rings is 1. The van der Waals surface area contributed by atoms with Crippen molar-refractivity contribution in [2.75, 3.05) is 51.2 Å². The summed E-state index contributed by atoms with van der Waals surface area (Å²) in [6, 6.07) is 12.7. The van der Waals surface area contributed by atoms with Crippen LogP contribution < -0.4 is 15.4 Å². The van der Waals surface area contributed by atoms with Gasteiger partial charge in [0.25, 0.3) is 5.91 Å². The van der Waals surface area contributed by atoms with Crippen LogP contribution >= 0.6 is 0 Å². The topological polar surface area (TPSA) is 91.0 Å². The standard InChI is InChI=1S/C25H32N4O4/c1-4-33-21-10-8-20(9-11-21)25(32)26-16-24(31)29-14-12-28(13-15-29)17-23(30)27-22-7-5-6-18(2)19(22)3/h5-11H,4,12-17H2,1-3H3,(H,26,32)(H,27,30). The molecule has 1 fully saturated rings. The summed E-state index contributed by atoms with van der Waals surface area (Å²) in [7, 11) is 0. The molecule has 0 saturated carbocycles. The summed E-state index contributed by atoms with van der Waals surface area (Å²) in [5.74, 6) is 0.207. The van der Waals surface area contributed by atoms with Gasteiger partial charge in [0.2, 0.25) is 11.8 Å². The van der Waals surface area contributed by atoms with Crippen molar-refractivity contribution in [3.63, 3.8) is 0 Å². The first-order chi connectivity index (χ1) is 15.9. The first kappa shape index (κ1) is 24.3. The summed E-state index contributed by atoms with van der Waals surface area (Å²) in [5, 5.41) is 5.65. The molecule has 3 rings (SSSR count). The molecule has 0 aromatic heterocycles. The molecule has 0 unspecified atom stereocenters. The van der Waals surface area contributed by atoms with Crippen LogP contribution in [-0.2, 0) is 9.59 Å². The van der Waals surface area contributed by atoms with Crippen molar-refractivity contribution in [2.24, 2.45) is 0 Å². The van der Waals surface area contributed by atoms with E-state index in [2.05, 4.69) is 10.6 Å². The second-order valence-electron chi connectivity index (χ2n) is 8.09. The highest BCUT2D eigenvalue weighted by Crippen LogP contribution is 2.18. The van der Waals surface area contributed by atoms with E-state index in [0.29, 0.717) is 44.1 Å². The van der Waals surface area contributed by atoms with Crippen LogP contribution in [0.15, 0.2) is 42.5 Å². The quantitative estimate of drug-likeness (QED) is 0.641. The summed E-state index contributed by atoms with van der Waals surface area (Å²) in [6.45, 7) is 8.95. The second kappa shape index (κ2) is 11.5. The highest BCUT2D eigenvalue weighted by Gasteiger charge is 2.23. The molecule has 3 amide bonds. The summed E-state index contributed by atoms with van der Waals surface area (Å²) >= 11 is 0. The number of hydrogen-bond acceptors (Lipinski definition) is 5. The lowest BCUT2D eigenvalue weighted by Gasteiger charge is -2.34. The lowest BCUT2D eigenvalue weighted by atomic mass is 10.1. The molecule has 1 aliphatic heterocycles. The summed E-state index contributed by atoms with van der Waals surface area (Å²) < 4.78 is 5.37. The Morgan fingerprint density at radius 1 is 0.970 bits per heavy atom. The van der Waals surface area contributed by atoms with Crippen molar-refractivity contribution in [3.05, 3.63) is 59.2 Å². The number of amides is 3. The maximum atomic E-state index is 12.5. The average Bonchev–Trinajstić information content (AvgIpc) is 2.81. The molecular formula is C25H32N4O4. The Morgan fingerprint density at radius 2 is 1.67 bits per heavy atom. The van der Waals surface area contributed by atoms with E-state index in [1.165, 1.54) is 0 Å². The number of rotatable bonds is 8. The van der Waals surface area contributed by atoms with Gasteiger partial charge in [-0.25, -0.2) is 0 Å². The van der Waals surface area contributed by atoms with E-state index in [-0.39, 0.29) is 30.8 Å². The number of benzene rings is 2. The smallest absolute Gasteiger partial charge is 0.251 e. The highest BCUT2D eigenvalue weighted by molar-refractivity contribution is 5.96. The van der Waals surface area contributed by atoms with Gasteiger partial charge in [0.05, 0.1) is 19.7 Å². The van der Waals surface area contributed by atoms with Gasteiger partial charge in [-0.2, -0.15) is 0 Å². The molecule has 176 valence electrons. The van der Waals surface area contributed by atoms with Gasteiger partial charge in [0, 0.05) is 37.4 Å². The Bertz CT molecular complexity index is 982. The van der Waals surface area contributed by atoms with Crippen LogP contribution in [-0.4, -0.2) is 73.4 Å². The van der Waals surface area contributed by atoms with E-state index in [1.807, 2.05) is 43.9 Å². The van der Waals surface area contributed by atoms with Crippen molar-refractivity contribution in [1.82, 2.24) is 15.1 Å². The van der Waals surface area contributed by atoms with Gasteiger partial charge < -0.3 is 20.3 Å². The van der Waals surface area contributed by atoms with Crippen molar-refractivity contribution in [3.8, 4) is 5.75 Å². The number of aryl methyl sites for hydroxylation is 1. The Kier molecular flexibility index (Phi) is 8.43. The fraction of sp³-hybridized carbons (Fsp3) is 0.400. The molecule has 0 bridgehead atoms. The van der Waals surface area contributed by atoms with E-state index in [0.717, 1.165) is 16.8 Å². The van der Waals surface area contributed by atoms with E-state index in [9.17, 15) is 14.4 Å². The Labute approximate surface area is 194 Å². The number of anilines is 1. The Balaban J connectivity index is 1.40. The van der Waals surface area contributed by atoms with Crippen molar-refractivity contribution < 1.29 is 19.1 Å². The summed E-state index contributed by atoms with van der Waals surface area (Å²) in [6.07, 6.45) is 0. The summed E-state index contributed by atoms with van der Waals surface area (Å²) in [4.78, 5) is 41.0. The molecule has 8 nitrogen and oxygen atoms in total. The van der Waals surface area contributed by atoms with Gasteiger partial charge in [-0.15, -0.1) is 0 Å². The molecule has 0 atom stereocenters. The predicted molar refractivity (Wildman–Crippen MR) is 128 cm³/mol. The molecule has 2 N–H and O–H groups in total. The highest BCUT2D eigenvalue weighted by atomic mass is 16.5. The molecule has 0 radical (unpaired) electrons. The van der Waals surface area contributed by atoms with E-state index in [1.54, 1.807) is 29.2 Å². The third-order valence-corrected chi connectivity index (χ3v) is 5.80. The monoisotopic (exact) mass is 452 g/mol. The number of nitrogens with one attached hydrogen (secondary N) is 2. The first-order valence-corrected chi connectivity index (χ1v) is 11.2. The number of carbonyl (C=O) groups is 3. The van der Waals surface area contributed by atoms with E-state index in [4.69, 9.17) is 4.74 Å². The molecule has 1 heterocycles. The van der Waals surface area contributed by atoms with Crippen LogP contribution in [0, 0.1) is 13.8 Å². The molecular weight excluding hydrogens is 420 g/mol. The molecule has 2 aromatic rings. The number of ether oxygens (including phenoxy) is 1. The number of carbonyl (C=O) groups excluding carboxylic acids is 3. The zero-order valence-corrected chi connectivity index (χ0v) is 19.5. The Hall–Kier alpha value is -3.39. The molecule has 1 aliphatic rings. The van der Waals surface area contributed by atoms with Gasteiger partial charge in [0.15, 0.2) is 0 Å². The van der Waals surface area contributed by atoms with E-state index >= 15 is 0 Å². The zero-order chi connectivity index (χ0) is 23.8. The fourth-order valence-corrected chi connectivity index (χ4v) is 3.67. The van der Waals surface area contributed by atoms with Crippen LogP contribution in [0.2, 0.25) is 0 Å². The van der Waals surface area contributed by atoms with Crippen molar-refractivity contribution >= 4 is 23.4 Å². The van der Waals surface area contributed by atoms with Gasteiger partial charge in [0.1, 0.15) is 5.75 Å². The molecule has 0 aliphatic carbocycles. The fourth-order valence-electron chi connectivity index (χ4n) is 3.67. The zero-order valence-electron chi connectivity index (χ0n) is 19.5.